The van der Waals surface area contributed by atoms with Gasteiger partial charge < -0.3 is 44.8 Å². The number of hydrogen-bond acceptors (Lipinski definition) is 8. The largest absolute Gasteiger partial charge is 0.480 e. The summed E-state index contributed by atoms with van der Waals surface area (Å²) in [5, 5.41) is 15.7. The molecule has 0 aliphatic carbocycles. The highest BCUT2D eigenvalue weighted by atomic mass is 16.5. The summed E-state index contributed by atoms with van der Waals surface area (Å²) in [7, 11) is 12.6. The third kappa shape index (κ3) is 12.7. The van der Waals surface area contributed by atoms with Gasteiger partial charge in [-0.2, -0.15) is 0 Å². The number of carboxylic acid groups (broad SMARTS) is 1. The van der Waals surface area contributed by atoms with Crippen molar-refractivity contribution in [1.82, 2.24) is 30.2 Å². The maximum atomic E-state index is 14.4. The Morgan fingerprint density at radius 3 is 2.19 bits per heavy atom. The molecule has 14 heteroatoms. The number of amides is 3. The van der Waals surface area contributed by atoms with E-state index in [2.05, 4.69) is 24.5 Å². The summed E-state index contributed by atoms with van der Waals surface area (Å²) in [6.45, 7) is 11.8. The number of nitrogens with one attached hydrogen (secondary N) is 2. The zero-order valence-electron chi connectivity index (χ0n) is 34.9. The second-order valence-electron chi connectivity index (χ2n) is 15.2. The van der Waals surface area contributed by atoms with E-state index in [0.717, 1.165) is 24.9 Å². The molecule has 0 bridgehead atoms. The van der Waals surface area contributed by atoms with Crippen molar-refractivity contribution < 1.29 is 33.8 Å². The molecule has 0 saturated carbocycles. The lowest BCUT2D eigenvalue weighted by molar-refractivity contribution is -0.147. The number of likely N-dealkylation sites (N-methyl/N-ethyl adjacent to an activating group) is 3. The molecule has 1 fully saturated rings. The van der Waals surface area contributed by atoms with Gasteiger partial charge in [0.05, 0.1) is 36.6 Å². The van der Waals surface area contributed by atoms with Crippen LogP contribution >= 0.6 is 0 Å². The van der Waals surface area contributed by atoms with E-state index in [0.29, 0.717) is 25.5 Å². The SMILES string of the molecule is CC[C@H](C)[C@@H]([C@@H](CC(=O)N1CCC[C@H]1[C@H](OC)[C@@H](C)C(=O)N[C@@H](Cc1ccccc1)C(=O)O)OC)N(C)C(=O)[C@@H](N=C(N(C)C)N(C)CCNC)C(C)C. The Labute approximate surface area is 324 Å². The van der Waals surface area contributed by atoms with Crippen molar-refractivity contribution in [2.75, 3.05) is 69.1 Å². The molecule has 1 aliphatic rings. The second kappa shape index (κ2) is 22.6. The van der Waals surface area contributed by atoms with Crippen molar-refractivity contribution in [3.8, 4) is 0 Å². The topological polar surface area (TPSA) is 156 Å². The fraction of sp³-hybridized carbons (Fsp3) is 0.725. The van der Waals surface area contributed by atoms with Crippen LogP contribution in [0, 0.1) is 17.8 Å². The molecular formula is C40H69N7O7. The van der Waals surface area contributed by atoms with Gasteiger partial charge >= 0.3 is 5.97 Å². The summed E-state index contributed by atoms with van der Waals surface area (Å²) in [5.41, 5.74) is 0.794. The van der Waals surface area contributed by atoms with Crippen molar-refractivity contribution >= 4 is 29.7 Å². The average molecular weight is 760 g/mol. The fourth-order valence-corrected chi connectivity index (χ4v) is 7.42. The molecule has 1 heterocycles. The standard InChI is InChI=1S/C40H69N7O7/c1-13-27(4)35(46(10)38(50)34(26(2)3)43-40(44(7)8)45(9)23-21-41-6)32(53-11)25-33(48)47-22-17-20-31(47)36(54-12)28(5)37(49)42-30(39(51)52)24-29-18-15-14-16-19-29/h14-16,18-19,26-28,30-32,34-36,41H,13,17,20-25H2,1-12H3,(H,42,49)(H,51,52)/t27-,28+,30-,31-,32+,34-,35-,36+/m0/s1. The van der Waals surface area contributed by atoms with Gasteiger partial charge in [-0.1, -0.05) is 71.4 Å². The minimum Gasteiger partial charge on any atom is -0.480 e. The first-order chi connectivity index (χ1) is 25.5. The predicted octanol–water partition coefficient (Wildman–Crippen LogP) is 2.81. The lowest BCUT2D eigenvalue weighted by Gasteiger charge is -2.40. The number of benzene rings is 1. The number of rotatable bonds is 21. The zero-order chi connectivity index (χ0) is 40.7. The van der Waals surface area contributed by atoms with E-state index in [-0.39, 0.29) is 36.5 Å². The van der Waals surface area contributed by atoms with Crippen LogP contribution in [0.5, 0.6) is 0 Å². The predicted molar refractivity (Wildman–Crippen MR) is 212 cm³/mol. The zero-order valence-corrected chi connectivity index (χ0v) is 34.9. The van der Waals surface area contributed by atoms with Crippen LogP contribution in [-0.4, -0.2) is 160 Å². The number of ether oxygens (including phenoxy) is 2. The molecule has 3 N–H and O–H groups in total. The highest BCUT2D eigenvalue weighted by molar-refractivity contribution is 5.88. The van der Waals surface area contributed by atoms with Crippen LogP contribution in [0.3, 0.4) is 0 Å². The van der Waals surface area contributed by atoms with E-state index < -0.39 is 54.2 Å². The minimum absolute atomic E-state index is 0.00277. The lowest BCUT2D eigenvalue weighted by Crippen LogP contribution is -2.55. The van der Waals surface area contributed by atoms with Crippen molar-refractivity contribution in [1.29, 1.82) is 0 Å². The van der Waals surface area contributed by atoms with Gasteiger partial charge in [-0.05, 0) is 37.3 Å². The van der Waals surface area contributed by atoms with Crippen molar-refractivity contribution in [3.05, 3.63) is 35.9 Å². The van der Waals surface area contributed by atoms with Crippen LogP contribution in [0.1, 0.15) is 65.9 Å². The number of aliphatic carboxylic acids is 1. The number of carbonyl (C=O) groups excluding carboxylic acids is 3. The average Bonchev–Trinajstić information content (AvgIpc) is 3.63. The van der Waals surface area contributed by atoms with Gasteiger partial charge in [0.25, 0.3) is 0 Å². The molecule has 3 amide bonds. The monoisotopic (exact) mass is 760 g/mol. The maximum Gasteiger partial charge on any atom is 0.326 e. The van der Waals surface area contributed by atoms with E-state index in [1.165, 1.54) is 7.11 Å². The maximum absolute atomic E-state index is 14.4. The molecule has 0 unspecified atom stereocenters. The molecule has 8 atom stereocenters. The fourth-order valence-electron chi connectivity index (χ4n) is 7.42. The van der Waals surface area contributed by atoms with Crippen LogP contribution in [0.25, 0.3) is 0 Å². The van der Waals surface area contributed by atoms with E-state index >= 15 is 0 Å². The number of guanidine groups is 1. The summed E-state index contributed by atoms with van der Waals surface area (Å²) in [6.07, 6.45) is 1.01. The summed E-state index contributed by atoms with van der Waals surface area (Å²) in [4.78, 5) is 66.6. The molecule has 54 heavy (non-hydrogen) atoms. The van der Waals surface area contributed by atoms with E-state index in [4.69, 9.17) is 14.5 Å². The van der Waals surface area contributed by atoms with Gasteiger partial charge in [0.1, 0.15) is 12.1 Å². The number of carboxylic acids is 1. The highest BCUT2D eigenvalue weighted by Gasteiger charge is 2.43. The molecule has 1 aromatic rings. The smallest absolute Gasteiger partial charge is 0.326 e. The summed E-state index contributed by atoms with van der Waals surface area (Å²) in [6, 6.07) is 6.55. The molecule has 1 saturated heterocycles. The Bertz CT molecular complexity index is 1360. The number of hydrogen-bond donors (Lipinski definition) is 3. The summed E-state index contributed by atoms with van der Waals surface area (Å²) < 4.78 is 11.9. The first kappa shape index (κ1) is 46.4. The van der Waals surface area contributed by atoms with Crippen LogP contribution in [-0.2, 0) is 35.1 Å². The van der Waals surface area contributed by atoms with E-state index in [1.807, 2.05) is 82.2 Å². The van der Waals surface area contributed by atoms with E-state index in [9.17, 15) is 24.3 Å². The van der Waals surface area contributed by atoms with Crippen LogP contribution < -0.4 is 10.6 Å². The quantitative estimate of drug-likeness (QED) is 0.126. The molecule has 306 valence electrons. The van der Waals surface area contributed by atoms with Gasteiger partial charge in [-0.25, -0.2) is 9.79 Å². The molecule has 14 nitrogen and oxygen atoms in total. The number of carbonyl (C=O) groups is 4. The molecule has 1 aliphatic heterocycles. The van der Waals surface area contributed by atoms with Crippen molar-refractivity contribution in [2.24, 2.45) is 22.7 Å². The summed E-state index contributed by atoms with van der Waals surface area (Å²) >= 11 is 0. The number of nitrogens with zero attached hydrogens (tertiary/aromatic N) is 5. The Hall–Kier alpha value is -3.75. The summed E-state index contributed by atoms with van der Waals surface area (Å²) in [5.74, 6) is -2.00. The van der Waals surface area contributed by atoms with Gasteiger partial charge in [-0.15, -0.1) is 0 Å². The molecule has 0 aromatic heterocycles. The van der Waals surface area contributed by atoms with Gasteiger partial charge in [-0.3, -0.25) is 14.4 Å². The normalized spacial score (nSPS) is 18.6. The first-order valence-corrected chi connectivity index (χ1v) is 19.3. The third-order valence-corrected chi connectivity index (χ3v) is 10.7. The Morgan fingerprint density at radius 1 is 1.02 bits per heavy atom. The second-order valence-corrected chi connectivity index (χ2v) is 15.2. The van der Waals surface area contributed by atoms with Crippen LogP contribution in [0.2, 0.25) is 0 Å². The minimum atomic E-state index is -1.13. The molecule has 1 aromatic carbocycles. The number of methoxy groups -OCH3 is 2. The highest BCUT2D eigenvalue weighted by Crippen LogP contribution is 2.30. The number of aliphatic imine (C=N–C) groups is 1. The number of likely N-dealkylation sites (tertiary alicyclic amines) is 1. The lowest BCUT2D eigenvalue weighted by atomic mass is 9.89. The van der Waals surface area contributed by atoms with Gasteiger partial charge in [0.2, 0.25) is 17.7 Å². The molecule has 0 radical (unpaired) electrons. The van der Waals surface area contributed by atoms with Gasteiger partial charge in [0, 0.05) is 68.5 Å². The van der Waals surface area contributed by atoms with Crippen molar-refractivity contribution in [2.45, 2.75) is 103 Å². The molecule has 0 spiro atoms. The first-order valence-electron chi connectivity index (χ1n) is 19.3. The molecule has 2 rings (SSSR count). The Kier molecular flexibility index (Phi) is 19.4. The molecular weight excluding hydrogens is 690 g/mol. The van der Waals surface area contributed by atoms with Crippen molar-refractivity contribution in [3.63, 3.8) is 0 Å². The van der Waals surface area contributed by atoms with E-state index in [1.54, 1.807) is 30.9 Å². The Balaban J connectivity index is 2.31. The van der Waals surface area contributed by atoms with Gasteiger partial charge in [0.15, 0.2) is 5.96 Å². The van der Waals surface area contributed by atoms with Crippen LogP contribution in [0.15, 0.2) is 35.3 Å². The van der Waals surface area contributed by atoms with Crippen LogP contribution in [0.4, 0.5) is 0 Å². The Morgan fingerprint density at radius 2 is 1.67 bits per heavy atom. The third-order valence-electron chi connectivity index (χ3n) is 10.7.